The van der Waals surface area contributed by atoms with Crippen molar-refractivity contribution in [2.75, 3.05) is 19.6 Å². The Morgan fingerprint density at radius 1 is 1.33 bits per heavy atom. The van der Waals surface area contributed by atoms with Gasteiger partial charge in [-0.25, -0.2) is 0 Å². The smallest absolute Gasteiger partial charge is 0.270 e. The van der Waals surface area contributed by atoms with E-state index in [4.69, 9.17) is 0 Å². The number of rotatable bonds is 2. The zero-order valence-corrected chi connectivity index (χ0v) is 11.8. The minimum absolute atomic E-state index is 0.150. The number of likely N-dealkylation sites (N-methyl/N-ethyl adjacent to an activating group) is 1. The molecule has 0 aromatic carbocycles. The number of nitrogens with zero attached hydrogens (tertiary/aromatic N) is 3. The Morgan fingerprint density at radius 3 is 2.39 bits per heavy atom. The first kappa shape index (κ1) is 13.1. The zero-order chi connectivity index (χ0) is 13.3. The van der Waals surface area contributed by atoms with E-state index in [1.807, 2.05) is 34.8 Å². The van der Waals surface area contributed by atoms with E-state index in [2.05, 4.69) is 25.7 Å². The van der Waals surface area contributed by atoms with E-state index in [1.165, 1.54) is 0 Å². The Kier molecular flexibility index (Phi) is 3.76. The van der Waals surface area contributed by atoms with Crippen molar-refractivity contribution in [2.45, 2.75) is 32.9 Å². The highest BCUT2D eigenvalue weighted by Gasteiger charge is 2.31. The van der Waals surface area contributed by atoms with Crippen LogP contribution < -0.4 is 0 Å². The molecule has 1 aromatic rings. The minimum Gasteiger partial charge on any atom is -0.347 e. The van der Waals surface area contributed by atoms with Crippen molar-refractivity contribution in [3.63, 3.8) is 0 Å². The van der Waals surface area contributed by atoms with Crippen LogP contribution >= 0.6 is 0 Å². The Hall–Kier alpha value is -1.29. The van der Waals surface area contributed by atoms with Gasteiger partial charge in [0.15, 0.2) is 0 Å². The first-order valence-electron chi connectivity index (χ1n) is 6.71. The average molecular weight is 249 g/mol. The highest BCUT2D eigenvalue weighted by molar-refractivity contribution is 5.92. The fraction of sp³-hybridized carbons (Fsp3) is 0.643. The molecule has 0 spiro atoms. The normalized spacial score (nSPS) is 25.4. The van der Waals surface area contributed by atoms with E-state index in [9.17, 15) is 4.79 Å². The van der Waals surface area contributed by atoms with Crippen LogP contribution in [0, 0.1) is 0 Å². The second-order valence-corrected chi connectivity index (χ2v) is 5.24. The van der Waals surface area contributed by atoms with Gasteiger partial charge in [-0.15, -0.1) is 0 Å². The van der Waals surface area contributed by atoms with Gasteiger partial charge >= 0.3 is 0 Å². The number of aromatic nitrogens is 1. The largest absolute Gasteiger partial charge is 0.347 e. The average Bonchev–Trinajstić information content (AvgIpc) is 2.74. The summed E-state index contributed by atoms with van der Waals surface area (Å²) in [6, 6.07) is 4.68. The Morgan fingerprint density at radius 2 is 1.94 bits per heavy atom. The van der Waals surface area contributed by atoms with Crippen molar-refractivity contribution in [1.82, 2.24) is 14.4 Å². The molecule has 100 valence electrons. The topological polar surface area (TPSA) is 28.5 Å². The number of carbonyl (C=O) groups excluding carboxylic acids is 1. The van der Waals surface area contributed by atoms with Crippen LogP contribution in [0.2, 0.25) is 0 Å². The van der Waals surface area contributed by atoms with E-state index in [0.29, 0.717) is 12.1 Å². The molecule has 1 aromatic heterocycles. The van der Waals surface area contributed by atoms with Crippen molar-refractivity contribution in [2.24, 2.45) is 7.05 Å². The monoisotopic (exact) mass is 249 g/mol. The predicted octanol–water partition coefficient (Wildman–Crippen LogP) is 1.58. The lowest BCUT2D eigenvalue weighted by Gasteiger charge is -2.44. The lowest BCUT2D eigenvalue weighted by Crippen LogP contribution is -2.57. The summed E-state index contributed by atoms with van der Waals surface area (Å²) in [6.07, 6.45) is 1.92. The summed E-state index contributed by atoms with van der Waals surface area (Å²) >= 11 is 0. The van der Waals surface area contributed by atoms with Crippen LogP contribution in [0.5, 0.6) is 0 Å². The fourth-order valence-electron chi connectivity index (χ4n) is 2.99. The van der Waals surface area contributed by atoms with Crippen molar-refractivity contribution in [3.05, 3.63) is 24.0 Å². The lowest BCUT2D eigenvalue weighted by atomic mass is 10.1. The lowest BCUT2D eigenvalue weighted by molar-refractivity contribution is 0.0323. The van der Waals surface area contributed by atoms with Crippen molar-refractivity contribution in [3.8, 4) is 0 Å². The number of aryl methyl sites for hydroxylation is 1. The van der Waals surface area contributed by atoms with E-state index < -0.39 is 0 Å². The molecule has 4 nitrogen and oxygen atoms in total. The summed E-state index contributed by atoms with van der Waals surface area (Å²) in [7, 11) is 1.92. The van der Waals surface area contributed by atoms with E-state index in [-0.39, 0.29) is 5.91 Å². The molecular weight excluding hydrogens is 226 g/mol. The summed E-state index contributed by atoms with van der Waals surface area (Å²) in [4.78, 5) is 16.9. The van der Waals surface area contributed by atoms with Gasteiger partial charge < -0.3 is 9.47 Å². The predicted molar refractivity (Wildman–Crippen MR) is 72.6 cm³/mol. The maximum absolute atomic E-state index is 12.5. The zero-order valence-electron chi connectivity index (χ0n) is 11.8. The molecule has 2 atom stereocenters. The standard InChI is InChI=1S/C14H23N3O/c1-5-17-11(2)9-16(10-12(17)3)14(18)13-7-6-8-15(13)4/h6-8,11-12H,5,9-10H2,1-4H3/t11-,12+. The van der Waals surface area contributed by atoms with Crippen LogP contribution in [0.3, 0.4) is 0 Å². The molecule has 1 aliphatic rings. The third kappa shape index (κ3) is 2.29. The molecule has 0 radical (unpaired) electrons. The molecule has 0 N–H and O–H groups in total. The van der Waals surface area contributed by atoms with Gasteiger partial charge in [0.05, 0.1) is 0 Å². The molecule has 18 heavy (non-hydrogen) atoms. The van der Waals surface area contributed by atoms with Gasteiger partial charge in [0, 0.05) is 38.4 Å². The van der Waals surface area contributed by atoms with Crippen LogP contribution in [0.4, 0.5) is 0 Å². The molecule has 1 fully saturated rings. The van der Waals surface area contributed by atoms with Gasteiger partial charge in [0.2, 0.25) is 0 Å². The first-order chi connectivity index (χ1) is 8.54. The molecule has 1 aliphatic heterocycles. The minimum atomic E-state index is 0.150. The summed E-state index contributed by atoms with van der Waals surface area (Å²) in [5.74, 6) is 0.150. The molecule has 2 rings (SSSR count). The van der Waals surface area contributed by atoms with Crippen LogP contribution in [-0.4, -0.2) is 52.0 Å². The van der Waals surface area contributed by atoms with Gasteiger partial charge in [-0.05, 0) is 32.5 Å². The first-order valence-corrected chi connectivity index (χ1v) is 6.71. The van der Waals surface area contributed by atoms with Gasteiger partial charge in [0.25, 0.3) is 5.91 Å². The highest BCUT2D eigenvalue weighted by atomic mass is 16.2. The molecular formula is C14H23N3O. The van der Waals surface area contributed by atoms with Crippen molar-refractivity contribution < 1.29 is 4.79 Å². The molecule has 1 saturated heterocycles. The second-order valence-electron chi connectivity index (χ2n) is 5.24. The Balaban J connectivity index is 2.12. The summed E-state index contributed by atoms with van der Waals surface area (Å²) in [6.45, 7) is 9.27. The van der Waals surface area contributed by atoms with E-state index >= 15 is 0 Å². The quantitative estimate of drug-likeness (QED) is 0.796. The third-order valence-corrected chi connectivity index (χ3v) is 3.92. The fourth-order valence-corrected chi connectivity index (χ4v) is 2.99. The summed E-state index contributed by atoms with van der Waals surface area (Å²) in [5.41, 5.74) is 0.777. The molecule has 0 aliphatic carbocycles. The van der Waals surface area contributed by atoms with Crippen LogP contribution in [0.25, 0.3) is 0 Å². The number of amides is 1. The molecule has 2 heterocycles. The van der Waals surface area contributed by atoms with Crippen molar-refractivity contribution >= 4 is 5.91 Å². The van der Waals surface area contributed by atoms with Crippen LogP contribution in [0.1, 0.15) is 31.3 Å². The highest BCUT2D eigenvalue weighted by Crippen LogP contribution is 2.17. The molecule has 0 unspecified atom stereocenters. The van der Waals surface area contributed by atoms with Gasteiger partial charge in [-0.2, -0.15) is 0 Å². The SMILES string of the molecule is CCN1[C@H](C)CN(C(=O)c2cccn2C)C[C@@H]1C. The van der Waals surface area contributed by atoms with Crippen LogP contribution in [0.15, 0.2) is 18.3 Å². The number of hydrogen-bond donors (Lipinski definition) is 0. The van der Waals surface area contributed by atoms with E-state index in [0.717, 1.165) is 25.3 Å². The molecule has 4 heteroatoms. The molecule has 0 bridgehead atoms. The number of hydrogen-bond acceptors (Lipinski definition) is 2. The second kappa shape index (κ2) is 5.14. The number of carbonyl (C=O) groups is 1. The molecule has 0 saturated carbocycles. The maximum Gasteiger partial charge on any atom is 0.270 e. The van der Waals surface area contributed by atoms with Crippen molar-refractivity contribution in [1.29, 1.82) is 0 Å². The molecule has 1 amide bonds. The third-order valence-electron chi connectivity index (χ3n) is 3.92. The van der Waals surface area contributed by atoms with Gasteiger partial charge in [0.1, 0.15) is 5.69 Å². The Labute approximate surface area is 109 Å². The van der Waals surface area contributed by atoms with Gasteiger partial charge in [-0.1, -0.05) is 6.92 Å². The van der Waals surface area contributed by atoms with E-state index in [1.54, 1.807) is 0 Å². The summed E-state index contributed by atoms with van der Waals surface area (Å²) in [5, 5.41) is 0. The Bertz CT molecular complexity index is 414. The maximum atomic E-state index is 12.5. The van der Waals surface area contributed by atoms with Gasteiger partial charge in [-0.3, -0.25) is 9.69 Å². The summed E-state index contributed by atoms with van der Waals surface area (Å²) < 4.78 is 1.89. The van der Waals surface area contributed by atoms with Crippen LogP contribution in [-0.2, 0) is 7.05 Å². The number of piperazine rings is 1.